The van der Waals surface area contributed by atoms with Crippen LogP contribution in [-0.4, -0.2) is 11.7 Å². The molecule has 2 rings (SSSR count). The summed E-state index contributed by atoms with van der Waals surface area (Å²) in [5, 5.41) is 7.57. The van der Waals surface area contributed by atoms with Gasteiger partial charge in [-0.05, 0) is 6.92 Å². The van der Waals surface area contributed by atoms with Crippen LogP contribution in [0.25, 0.3) is 0 Å². The summed E-state index contributed by atoms with van der Waals surface area (Å²) < 4.78 is 0. The monoisotopic (exact) mass is 281 g/mol. The molecule has 1 N–H and O–H groups in total. The molecule has 0 saturated carbocycles. The Balaban J connectivity index is -0.000000140. The Hall–Kier alpha value is -0.457. The van der Waals surface area contributed by atoms with Gasteiger partial charge in [0.15, 0.2) is 0 Å². The predicted octanol–water partition coefficient (Wildman–Crippen LogP) is 3.26. The van der Waals surface area contributed by atoms with E-state index in [0.29, 0.717) is 0 Å². The maximum absolute atomic E-state index is 7.57. The van der Waals surface area contributed by atoms with Crippen LogP contribution in [0.2, 0.25) is 0 Å². The Morgan fingerprint density at radius 3 is 1.13 bits per heavy atom. The molecule has 0 saturated heterocycles. The number of aliphatic hydroxyl groups excluding tert-OH is 1. The fourth-order valence-corrected chi connectivity index (χ4v) is 0.642. The van der Waals surface area contributed by atoms with Gasteiger partial charge in [0.25, 0.3) is 0 Å². The van der Waals surface area contributed by atoms with Crippen molar-refractivity contribution >= 4 is 0 Å². The van der Waals surface area contributed by atoms with Crippen molar-refractivity contribution in [2.45, 2.75) is 6.92 Å². The Kier molecular flexibility index (Phi) is 25.6. The number of hydrogen-bond acceptors (Lipinski definition) is 1. The van der Waals surface area contributed by atoms with E-state index >= 15 is 0 Å². The summed E-state index contributed by atoms with van der Waals surface area (Å²) in [5.74, 6) is 0. The van der Waals surface area contributed by atoms with E-state index in [1.54, 1.807) is 6.92 Å². The molecule has 2 heteroatoms. The normalized spacial score (nSPS) is 6.53. The van der Waals surface area contributed by atoms with Gasteiger partial charge in [0.05, 0.1) is 0 Å². The zero-order valence-corrected chi connectivity index (χ0v) is 11.9. The quantitative estimate of drug-likeness (QED) is 0.735. The Bertz CT molecular complexity index is 162. The van der Waals surface area contributed by atoms with Crippen LogP contribution in [0.15, 0.2) is 60.7 Å². The van der Waals surface area contributed by atoms with Crippen LogP contribution in [0.3, 0.4) is 0 Å². The second-order valence-corrected chi connectivity index (χ2v) is 2.24. The summed E-state index contributed by atoms with van der Waals surface area (Å²) >= 11 is 0. The first kappa shape index (κ1) is 20.0. The first-order valence-corrected chi connectivity index (χ1v) is 4.36. The molecule has 0 aliphatic heterocycles. The van der Waals surface area contributed by atoms with E-state index in [1.807, 2.05) is 60.7 Å². The Morgan fingerprint density at radius 2 is 1.07 bits per heavy atom. The van der Waals surface area contributed by atoms with Crippen molar-refractivity contribution < 1.29 is 31.3 Å². The van der Waals surface area contributed by atoms with Crippen molar-refractivity contribution in [3.05, 3.63) is 68.1 Å². The third kappa shape index (κ3) is 19.8. The van der Waals surface area contributed by atoms with Crippen LogP contribution in [0.1, 0.15) is 6.92 Å². The largest absolute Gasteiger partial charge is 3.00 e. The molecule has 0 aliphatic rings. The summed E-state index contributed by atoms with van der Waals surface area (Å²) in [6.07, 6.45) is 0. The molecular formula is C13H19OZr. The van der Waals surface area contributed by atoms with E-state index in [4.69, 9.17) is 5.11 Å². The molecule has 2 aromatic carbocycles. The Morgan fingerprint density at radius 1 is 0.867 bits per heavy atom. The van der Waals surface area contributed by atoms with E-state index in [2.05, 4.69) is 0 Å². The molecule has 15 heavy (non-hydrogen) atoms. The minimum atomic E-state index is 0. The smallest absolute Gasteiger partial charge is 0.397 e. The van der Waals surface area contributed by atoms with Gasteiger partial charge in [-0.2, -0.15) is 36.4 Å². The van der Waals surface area contributed by atoms with E-state index in [-0.39, 0.29) is 40.2 Å². The summed E-state index contributed by atoms with van der Waals surface area (Å²) in [4.78, 5) is 0. The molecule has 0 atom stereocenters. The van der Waals surface area contributed by atoms with Crippen molar-refractivity contribution in [2.75, 3.05) is 6.61 Å². The molecule has 0 aliphatic carbocycles. The molecule has 0 heterocycles. The van der Waals surface area contributed by atoms with E-state index in [9.17, 15) is 0 Å². The molecule has 0 fully saturated rings. The van der Waals surface area contributed by atoms with Crippen LogP contribution in [0, 0.1) is 7.43 Å². The molecular weight excluding hydrogens is 263 g/mol. The Labute approximate surface area is 113 Å². The van der Waals surface area contributed by atoms with Crippen LogP contribution >= 0.6 is 0 Å². The average molecular weight is 283 g/mol. The summed E-state index contributed by atoms with van der Waals surface area (Å²) in [5.41, 5.74) is 0. The van der Waals surface area contributed by atoms with Crippen molar-refractivity contribution in [1.82, 2.24) is 0 Å². The molecule has 1 radical (unpaired) electrons. The number of hydrogen-bond donors (Lipinski definition) is 1. The van der Waals surface area contributed by atoms with Gasteiger partial charge in [-0.15, -0.1) is 0 Å². The van der Waals surface area contributed by atoms with Gasteiger partial charge in [0.2, 0.25) is 0 Å². The summed E-state index contributed by atoms with van der Waals surface area (Å²) in [7, 11) is 0. The van der Waals surface area contributed by atoms with Crippen molar-refractivity contribution in [3.8, 4) is 0 Å². The van der Waals surface area contributed by atoms with Gasteiger partial charge in [-0.3, -0.25) is 0 Å². The van der Waals surface area contributed by atoms with Gasteiger partial charge >= 0.3 is 26.2 Å². The van der Waals surface area contributed by atoms with Gasteiger partial charge in [0, 0.05) is 6.61 Å². The third-order valence-electron chi connectivity index (χ3n) is 1.11. The van der Waals surface area contributed by atoms with Crippen molar-refractivity contribution in [2.24, 2.45) is 0 Å². The summed E-state index contributed by atoms with van der Waals surface area (Å²) in [6, 6.07) is 20.0. The van der Waals surface area contributed by atoms with Crippen molar-refractivity contribution in [1.29, 1.82) is 0 Å². The minimum Gasteiger partial charge on any atom is -0.397 e. The number of rotatable bonds is 0. The van der Waals surface area contributed by atoms with Crippen LogP contribution in [0.4, 0.5) is 0 Å². The summed E-state index contributed by atoms with van der Waals surface area (Å²) in [6.45, 7) is 1.93. The van der Waals surface area contributed by atoms with Crippen LogP contribution in [0.5, 0.6) is 0 Å². The van der Waals surface area contributed by atoms with E-state index in [1.165, 1.54) is 0 Å². The second kappa shape index (κ2) is 19.2. The van der Waals surface area contributed by atoms with Gasteiger partial charge in [-0.25, -0.2) is 24.3 Å². The maximum Gasteiger partial charge on any atom is 3.00 e. The second-order valence-electron chi connectivity index (χ2n) is 2.24. The molecule has 0 aromatic heterocycles. The third-order valence-corrected chi connectivity index (χ3v) is 1.11. The molecule has 0 amide bonds. The standard InChI is InChI=1S/2C5H5.C2H6O.CH3.Zr/c2*1-2-4-5-3-1;1-2-3;;/h2*1-5H;3H,2H2,1H3;1H3;/q2*-1;;-1;+3. The first-order chi connectivity index (χ1) is 6.41. The van der Waals surface area contributed by atoms with Crippen molar-refractivity contribution in [3.63, 3.8) is 0 Å². The zero-order valence-electron chi connectivity index (χ0n) is 9.43. The van der Waals surface area contributed by atoms with Crippen LogP contribution < -0.4 is 0 Å². The molecule has 2 aromatic rings. The number of aliphatic hydroxyl groups is 1. The SMILES string of the molecule is CCO.[CH3-].[Zr+3].c1cc[cH-]c1.c1cc[cH-]c1. The minimum absolute atomic E-state index is 0. The topological polar surface area (TPSA) is 20.2 Å². The fraction of sp³-hybridized carbons (Fsp3) is 0.154. The zero-order chi connectivity index (χ0) is 9.78. The molecule has 0 bridgehead atoms. The predicted molar refractivity (Wildman–Crippen MR) is 63.2 cm³/mol. The maximum atomic E-state index is 7.57. The van der Waals surface area contributed by atoms with Gasteiger partial charge in [-0.1, -0.05) is 0 Å². The average Bonchev–Trinajstić information content (AvgIpc) is 2.85. The van der Waals surface area contributed by atoms with Gasteiger partial charge < -0.3 is 12.5 Å². The molecule has 1 nitrogen and oxygen atoms in total. The molecule has 0 unspecified atom stereocenters. The van der Waals surface area contributed by atoms with Crippen LogP contribution in [-0.2, 0) is 26.2 Å². The van der Waals surface area contributed by atoms with E-state index < -0.39 is 0 Å². The first-order valence-electron chi connectivity index (χ1n) is 4.36. The fourth-order valence-electron chi connectivity index (χ4n) is 0.642. The van der Waals surface area contributed by atoms with E-state index in [0.717, 1.165) is 0 Å². The molecule has 81 valence electrons. The van der Waals surface area contributed by atoms with Gasteiger partial charge in [0.1, 0.15) is 0 Å². The molecule has 0 spiro atoms.